The van der Waals surface area contributed by atoms with Crippen LogP contribution in [0.15, 0.2) is 0 Å². The van der Waals surface area contributed by atoms with Crippen molar-refractivity contribution in [3.63, 3.8) is 0 Å². The van der Waals surface area contributed by atoms with E-state index in [1.165, 1.54) is 4.90 Å². The maximum Gasteiger partial charge on any atom is 0.305 e. The largest absolute Gasteiger partial charge is 0.481 e. The summed E-state index contributed by atoms with van der Waals surface area (Å²) in [5.41, 5.74) is 0. The molecule has 0 aliphatic carbocycles. The van der Waals surface area contributed by atoms with Gasteiger partial charge in [0, 0.05) is 33.2 Å². The maximum absolute atomic E-state index is 11.7. The Labute approximate surface area is 102 Å². The fraction of sp³-hybridized carbons (Fsp3) is 0.833. The Morgan fingerprint density at radius 2 is 2.18 bits per heavy atom. The van der Waals surface area contributed by atoms with Crippen LogP contribution in [0.25, 0.3) is 0 Å². The van der Waals surface area contributed by atoms with Crippen LogP contribution in [0.3, 0.4) is 0 Å². The molecule has 0 spiro atoms. The van der Waals surface area contributed by atoms with Gasteiger partial charge in [-0.2, -0.15) is 0 Å². The lowest BCUT2D eigenvalue weighted by molar-refractivity contribution is -0.138. The Kier molecular flexibility index (Phi) is 5.97. The highest BCUT2D eigenvalue weighted by Crippen LogP contribution is 2.19. The first-order valence-electron chi connectivity index (χ1n) is 6.13. The quantitative estimate of drug-likeness (QED) is 0.759. The van der Waals surface area contributed by atoms with Gasteiger partial charge < -0.3 is 14.7 Å². The third-order valence-electron chi connectivity index (χ3n) is 3.11. The van der Waals surface area contributed by atoms with Crippen LogP contribution in [0, 0.1) is 5.92 Å². The lowest BCUT2D eigenvalue weighted by Crippen LogP contribution is -2.29. The van der Waals surface area contributed by atoms with Gasteiger partial charge in [-0.05, 0) is 25.2 Å². The molecule has 1 aliphatic rings. The van der Waals surface area contributed by atoms with Crippen molar-refractivity contribution in [2.75, 3.05) is 26.8 Å². The Morgan fingerprint density at radius 1 is 1.41 bits per heavy atom. The average molecular weight is 243 g/mol. The van der Waals surface area contributed by atoms with Crippen LogP contribution in [0.5, 0.6) is 0 Å². The van der Waals surface area contributed by atoms with Gasteiger partial charge in [-0.15, -0.1) is 0 Å². The summed E-state index contributed by atoms with van der Waals surface area (Å²) in [5, 5.41) is 8.52. The highest BCUT2D eigenvalue weighted by Gasteiger charge is 2.17. The van der Waals surface area contributed by atoms with E-state index in [-0.39, 0.29) is 18.9 Å². The molecule has 1 rings (SSSR count). The predicted molar refractivity (Wildman–Crippen MR) is 62.7 cm³/mol. The van der Waals surface area contributed by atoms with Gasteiger partial charge in [-0.25, -0.2) is 0 Å². The van der Waals surface area contributed by atoms with Gasteiger partial charge in [0.2, 0.25) is 5.91 Å². The Morgan fingerprint density at radius 3 is 2.76 bits per heavy atom. The number of aliphatic carboxylic acids is 1. The van der Waals surface area contributed by atoms with E-state index in [9.17, 15) is 9.59 Å². The molecule has 17 heavy (non-hydrogen) atoms. The van der Waals surface area contributed by atoms with Gasteiger partial charge in [-0.3, -0.25) is 9.59 Å². The third kappa shape index (κ3) is 5.68. The van der Waals surface area contributed by atoms with Crippen LogP contribution in [0.1, 0.15) is 32.1 Å². The normalized spacial score (nSPS) is 19.9. The minimum Gasteiger partial charge on any atom is -0.481 e. The topological polar surface area (TPSA) is 66.8 Å². The number of carbonyl (C=O) groups excluding carboxylic acids is 1. The Bertz CT molecular complexity index is 261. The molecule has 0 aromatic rings. The monoisotopic (exact) mass is 243 g/mol. The van der Waals surface area contributed by atoms with Crippen molar-refractivity contribution in [1.29, 1.82) is 0 Å². The molecule has 5 nitrogen and oxygen atoms in total. The second-order valence-electron chi connectivity index (χ2n) is 4.58. The van der Waals surface area contributed by atoms with Gasteiger partial charge >= 0.3 is 5.97 Å². The van der Waals surface area contributed by atoms with Crippen molar-refractivity contribution in [3.8, 4) is 0 Å². The summed E-state index contributed by atoms with van der Waals surface area (Å²) in [4.78, 5) is 23.6. The molecule has 0 aromatic carbocycles. The molecule has 1 saturated heterocycles. The van der Waals surface area contributed by atoms with E-state index in [0.29, 0.717) is 12.3 Å². The van der Waals surface area contributed by atoms with E-state index >= 15 is 0 Å². The lowest BCUT2D eigenvalue weighted by Gasteiger charge is -2.23. The first-order chi connectivity index (χ1) is 8.09. The number of hydrogen-bond donors (Lipinski definition) is 1. The summed E-state index contributed by atoms with van der Waals surface area (Å²) in [7, 11) is 1.66. The highest BCUT2D eigenvalue weighted by atomic mass is 16.5. The fourth-order valence-corrected chi connectivity index (χ4v) is 1.94. The minimum atomic E-state index is -0.870. The van der Waals surface area contributed by atoms with Crippen LogP contribution in [-0.4, -0.2) is 48.7 Å². The zero-order chi connectivity index (χ0) is 12.7. The van der Waals surface area contributed by atoms with Crippen molar-refractivity contribution in [2.24, 2.45) is 5.92 Å². The molecule has 0 saturated carbocycles. The number of hydrogen-bond acceptors (Lipinski definition) is 3. The van der Waals surface area contributed by atoms with Crippen molar-refractivity contribution >= 4 is 11.9 Å². The number of carbonyl (C=O) groups is 2. The predicted octanol–water partition coefficient (Wildman–Crippen LogP) is 1.13. The molecule has 1 atom stereocenters. The summed E-state index contributed by atoms with van der Waals surface area (Å²) in [6, 6.07) is 0. The van der Waals surface area contributed by atoms with Gasteiger partial charge in [0.25, 0.3) is 0 Å². The Balaban J connectivity index is 2.16. The molecular formula is C12H21NO4. The zero-order valence-corrected chi connectivity index (χ0v) is 10.4. The summed E-state index contributed by atoms with van der Waals surface area (Å²) >= 11 is 0. The number of carboxylic acids is 1. The lowest BCUT2D eigenvalue weighted by atomic mass is 9.96. The molecule has 1 N–H and O–H groups in total. The third-order valence-corrected chi connectivity index (χ3v) is 3.11. The number of rotatable bonds is 6. The van der Waals surface area contributed by atoms with Crippen LogP contribution >= 0.6 is 0 Å². The van der Waals surface area contributed by atoms with Gasteiger partial charge in [-0.1, -0.05) is 0 Å². The number of carboxylic acid groups (broad SMARTS) is 1. The molecule has 0 bridgehead atoms. The summed E-state index contributed by atoms with van der Waals surface area (Å²) in [6.45, 7) is 1.88. The van der Waals surface area contributed by atoms with E-state index in [2.05, 4.69) is 0 Å². The van der Waals surface area contributed by atoms with Gasteiger partial charge in [0.15, 0.2) is 0 Å². The van der Waals surface area contributed by atoms with Crippen molar-refractivity contribution < 1.29 is 19.4 Å². The summed E-state index contributed by atoms with van der Waals surface area (Å²) < 4.78 is 5.35. The highest BCUT2D eigenvalue weighted by molar-refractivity contribution is 5.76. The molecule has 98 valence electrons. The van der Waals surface area contributed by atoms with Crippen molar-refractivity contribution in [3.05, 3.63) is 0 Å². The fourth-order valence-electron chi connectivity index (χ4n) is 1.94. The van der Waals surface area contributed by atoms with Crippen molar-refractivity contribution in [1.82, 2.24) is 4.90 Å². The van der Waals surface area contributed by atoms with Crippen LogP contribution in [0.2, 0.25) is 0 Å². The molecular weight excluding hydrogens is 222 g/mol. The van der Waals surface area contributed by atoms with E-state index in [0.717, 1.165) is 32.5 Å². The first kappa shape index (κ1) is 14.0. The molecule has 1 heterocycles. The van der Waals surface area contributed by atoms with Crippen LogP contribution in [0.4, 0.5) is 0 Å². The Hall–Kier alpha value is -1.10. The smallest absolute Gasteiger partial charge is 0.305 e. The number of nitrogens with zero attached hydrogens (tertiary/aromatic N) is 1. The molecule has 1 fully saturated rings. The average Bonchev–Trinajstić information content (AvgIpc) is 2.34. The van der Waals surface area contributed by atoms with Gasteiger partial charge in [0.05, 0.1) is 6.42 Å². The number of amides is 1. The summed E-state index contributed by atoms with van der Waals surface area (Å²) in [5.74, 6) is -0.359. The van der Waals surface area contributed by atoms with Crippen LogP contribution in [-0.2, 0) is 14.3 Å². The van der Waals surface area contributed by atoms with E-state index in [1.54, 1.807) is 7.05 Å². The van der Waals surface area contributed by atoms with E-state index in [1.807, 2.05) is 0 Å². The van der Waals surface area contributed by atoms with Crippen molar-refractivity contribution in [2.45, 2.75) is 32.1 Å². The molecule has 5 heteroatoms. The van der Waals surface area contributed by atoms with Crippen LogP contribution < -0.4 is 0 Å². The van der Waals surface area contributed by atoms with Gasteiger partial charge in [0.1, 0.15) is 0 Å². The minimum absolute atomic E-state index is 0.00871. The standard InChI is InChI=1S/C12H21NO4/c1-13(7-6-12(15)16)11(14)5-4-10-3-2-8-17-9-10/h10H,2-9H2,1H3,(H,15,16)/t10-/m1/s1. The maximum atomic E-state index is 11.7. The molecule has 0 radical (unpaired) electrons. The molecule has 1 amide bonds. The molecule has 0 aromatic heterocycles. The second-order valence-corrected chi connectivity index (χ2v) is 4.58. The summed E-state index contributed by atoms with van der Waals surface area (Å²) in [6.07, 6.45) is 3.55. The molecule has 1 aliphatic heterocycles. The second kappa shape index (κ2) is 7.27. The number of ether oxygens (including phenoxy) is 1. The zero-order valence-electron chi connectivity index (χ0n) is 10.4. The SMILES string of the molecule is CN(CCC(=O)O)C(=O)CC[C@H]1CCCOC1. The molecule has 0 unspecified atom stereocenters. The van der Waals surface area contributed by atoms with E-state index < -0.39 is 5.97 Å². The van der Waals surface area contributed by atoms with E-state index in [4.69, 9.17) is 9.84 Å². The first-order valence-corrected chi connectivity index (χ1v) is 6.13.